The molecule has 0 amide bonds. The average Bonchev–Trinajstić information content (AvgIpc) is 2.38. The van der Waals surface area contributed by atoms with Gasteiger partial charge < -0.3 is 10.5 Å². The number of benzene rings is 1. The molecule has 2 rings (SSSR count). The van der Waals surface area contributed by atoms with E-state index in [0.29, 0.717) is 26.1 Å². The Morgan fingerprint density at radius 3 is 2.42 bits per heavy atom. The van der Waals surface area contributed by atoms with Gasteiger partial charge in [-0.25, -0.2) is 4.39 Å². The van der Waals surface area contributed by atoms with Gasteiger partial charge in [-0.1, -0.05) is 12.1 Å². The third-order valence-electron chi connectivity index (χ3n) is 3.47. The van der Waals surface area contributed by atoms with Gasteiger partial charge in [0.25, 0.3) is 0 Å². The molecule has 1 heterocycles. The van der Waals surface area contributed by atoms with Crippen LogP contribution >= 0.6 is 0 Å². The fraction of sp³-hybridized carbons (Fsp3) is 0.538. The molecule has 1 aromatic carbocycles. The lowest BCUT2D eigenvalue weighted by molar-refractivity contribution is -0.140. The van der Waals surface area contributed by atoms with Crippen molar-refractivity contribution in [2.24, 2.45) is 11.7 Å². The van der Waals surface area contributed by atoms with Crippen molar-refractivity contribution < 1.29 is 22.3 Å². The third kappa shape index (κ3) is 3.06. The van der Waals surface area contributed by atoms with Gasteiger partial charge in [0.05, 0.1) is 5.56 Å². The molecule has 0 radical (unpaired) electrons. The predicted molar refractivity (Wildman–Crippen MR) is 61.9 cm³/mol. The van der Waals surface area contributed by atoms with Crippen LogP contribution in [0, 0.1) is 11.7 Å². The van der Waals surface area contributed by atoms with Crippen LogP contribution in [0.15, 0.2) is 18.2 Å². The van der Waals surface area contributed by atoms with Gasteiger partial charge >= 0.3 is 6.18 Å². The van der Waals surface area contributed by atoms with E-state index in [2.05, 4.69) is 0 Å². The van der Waals surface area contributed by atoms with E-state index in [-0.39, 0.29) is 11.5 Å². The van der Waals surface area contributed by atoms with E-state index in [0.717, 1.165) is 6.07 Å². The second-order valence-electron chi connectivity index (χ2n) is 4.68. The summed E-state index contributed by atoms with van der Waals surface area (Å²) in [6.07, 6.45) is -3.43. The number of halogens is 4. The molecule has 106 valence electrons. The van der Waals surface area contributed by atoms with Gasteiger partial charge in [0.2, 0.25) is 0 Å². The Labute approximate surface area is 108 Å². The van der Waals surface area contributed by atoms with Gasteiger partial charge in [-0.15, -0.1) is 0 Å². The number of rotatable bonds is 2. The topological polar surface area (TPSA) is 35.2 Å². The van der Waals surface area contributed by atoms with E-state index in [4.69, 9.17) is 10.5 Å². The fourth-order valence-corrected chi connectivity index (χ4v) is 2.36. The Morgan fingerprint density at radius 2 is 1.84 bits per heavy atom. The summed E-state index contributed by atoms with van der Waals surface area (Å²) in [7, 11) is 0. The van der Waals surface area contributed by atoms with E-state index in [9.17, 15) is 17.6 Å². The van der Waals surface area contributed by atoms with Crippen LogP contribution < -0.4 is 5.73 Å². The third-order valence-corrected chi connectivity index (χ3v) is 3.47. The maximum Gasteiger partial charge on any atom is 0.419 e. The minimum absolute atomic E-state index is 0.0493. The number of hydrogen-bond donors (Lipinski definition) is 1. The molecule has 0 spiro atoms. The molecule has 19 heavy (non-hydrogen) atoms. The Balaban J connectivity index is 2.29. The zero-order chi connectivity index (χ0) is 14.0. The maximum atomic E-state index is 13.9. The first-order valence-corrected chi connectivity index (χ1v) is 6.10. The van der Waals surface area contributed by atoms with Crippen LogP contribution in [0.5, 0.6) is 0 Å². The second-order valence-corrected chi connectivity index (χ2v) is 4.68. The molecular weight excluding hydrogens is 262 g/mol. The predicted octanol–water partition coefficient (Wildman–Crippen LogP) is 3.27. The first kappa shape index (κ1) is 14.3. The van der Waals surface area contributed by atoms with Crippen molar-refractivity contribution in [3.8, 4) is 0 Å². The van der Waals surface area contributed by atoms with Crippen LogP contribution in [0.4, 0.5) is 17.6 Å². The number of hydrogen-bond acceptors (Lipinski definition) is 2. The highest BCUT2D eigenvalue weighted by Gasteiger charge is 2.36. The highest BCUT2D eigenvalue weighted by Crippen LogP contribution is 2.36. The lowest BCUT2D eigenvalue weighted by atomic mass is 9.87. The number of nitrogens with two attached hydrogens (primary N) is 1. The Hall–Kier alpha value is -1.14. The van der Waals surface area contributed by atoms with Gasteiger partial charge in [0.1, 0.15) is 5.82 Å². The van der Waals surface area contributed by atoms with E-state index < -0.39 is 23.6 Å². The van der Waals surface area contributed by atoms with Gasteiger partial charge in [-0.05, 0) is 24.8 Å². The summed E-state index contributed by atoms with van der Waals surface area (Å²) in [6.45, 7) is 1.03. The van der Waals surface area contributed by atoms with Gasteiger partial charge in [-0.2, -0.15) is 13.2 Å². The standard InChI is InChI=1S/C13H15F4NO/c14-11-9(2-1-3-10(11)13(15,16)17)12(18)8-4-6-19-7-5-8/h1-3,8,12H,4-7,18H2/t12-/m1/s1. The molecule has 1 fully saturated rings. The van der Waals surface area contributed by atoms with Crippen LogP contribution in [0.1, 0.15) is 30.0 Å². The van der Waals surface area contributed by atoms with Crippen LogP contribution in [-0.2, 0) is 10.9 Å². The maximum absolute atomic E-state index is 13.9. The Kier molecular flexibility index (Phi) is 4.10. The Morgan fingerprint density at radius 1 is 1.21 bits per heavy atom. The molecule has 2 nitrogen and oxygen atoms in total. The molecule has 0 saturated carbocycles. The van der Waals surface area contributed by atoms with E-state index >= 15 is 0 Å². The normalized spacial score (nSPS) is 19.4. The minimum atomic E-state index is -4.70. The summed E-state index contributed by atoms with van der Waals surface area (Å²) in [5.74, 6) is -1.30. The number of alkyl halides is 3. The smallest absolute Gasteiger partial charge is 0.381 e. The first-order valence-electron chi connectivity index (χ1n) is 6.10. The van der Waals surface area contributed by atoms with E-state index in [1.165, 1.54) is 12.1 Å². The average molecular weight is 277 g/mol. The molecule has 1 atom stereocenters. The monoisotopic (exact) mass is 277 g/mol. The SMILES string of the molecule is N[C@@H](c1cccc(C(F)(F)F)c1F)C1CCOCC1. The second kappa shape index (κ2) is 5.46. The van der Waals surface area contributed by atoms with Crippen molar-refractivity contribution in [2.45, 2.75) is 25.1 Å². The van der Waals surface area contributed by atoms with Crippen LogP contribution in [0.25, 0.3) is 0 Å². The lowest BCUT2D eigenvalue weighted by Gasteiger charge is -2.28. The summed E-state index contributed by atoms with van der Waals surface area (Å²) in [6, 6.07) is 2.52. The molecule has 0 bridgehead atoms. The largest absolute Gasteiger partial charge is 0.419 e. The quantitative estimate of drug-likeness (QED) is 0.842. The lowest BCUT2D eigenvalue weighted by Crippen LogP contribution is -2.28. The van der Waals surface area contributed by atoms with Crippen molar-refractivity contribution in [3.63, 3.8) is 0 Å². The summed E-state index contributed by atoms with van der Waals surface area (Å²) < 4.78 is 57.0. The Bertz CT molecular complexity index is 441. The first-order chi connectivity index (χ1) is 8.91. The molecule has 6 heteroatoms. The van der Waals surface area contributed by atoms with Crippen LogP contribution in [-0.4, -0.2) is 13.2 Å². The van der Waals surface area contributed by atoms with E-state index in [1.54, 1.807) is 0 Å². The van der Waals surface area contributed by atoms with Crippen molar-refractivity contribution in [1.82, 2.24) is 0 Å². The molecule has 1 aromatic rings. The zero-order valence-electron chi connectivity index (χ0n) is 10.2. The van der Waals surface area contributed by atoms with Gasteiger partial charge in [-0.3, -0.25) is 0 Å². The highest BCUT2D eigenvalue weighted by atomic mass is 19.4. The molecule has 0 unspecified atom stereocenters. The number of ether oxygens (including phenoxy) is 1. The molecule has 1 aliphatic heterocycles. The summed E-state index contributed by atoms with van der Waals surface area (Å²) in [5.41, 5.74) is 4.60. The highest BCUT2D eigenvalue weighted by molar-refractivity contribution is 5.30. The van der Waals surface area contributed by atoms with E-state index in [1.807, 2.05) is 0 Å². The molecule has 1 saturated heterocycles. The van der Waals surface area contributed by atoms with Gasteiger partial charge in [0, 0.05) is 24.8 Å². The van der Waals surface area contributed by atoms with Crippen molar-refractivity contribution in [1.29, 1.82) is 0 Å². The summed E-state index contributed by atoms with van der Waals surface area (Å²) in [4.78, 5) is 0. The van der Waals surface area contributed by atoms with Gasteiger partial charge in [0.15, 0.2) is 0 Å². The van der Waals surface area contributed by atoms with Crippen LogP contribution in [0.3, 0.4) is 0 Å². The molecule has 0 aliphatic carbocycles. The molecule has 1 aliphatic rings. The van der Waals surface area contributed by atoms with Crippen LogP contribution in [0.2, 0.25) is 0 Å². The van der Waals surface area contributed by atoms with Crippen molar-refractivity contribution in [3.05, 3.63) is 35.1 Å². The molecule has 0 aromatic heterocycles. The molecular formula is C13H15F4NO. The van der Waals surface area contributed by atoms with Crippen molar-refractivity contribution >= 4 is 0 Å². The zero-order valence-corrected chi connectivity index (χ0v) is 10.2. The summed E-state index contributed by atoms with van der Waals surface area (Å²) >= 11 is 0. The fourth-order valence-electron chi connectivity index (χ4n) is 2.36. The minimum Gasteiger partial charge on any atom is -0.381 e. The molecule has 2 N–H and O–H groups in total. The van der Waals surface area contributed by atoms with Crippen molar-refractivity contribution in [2.75, 3.05) is 13.2 Å². The summed E-state index contributed by atoms with van der Waals surface area (Å²) in [5, 5.41) is 0.